The van der Waals surface area contributed by atoms with Crippen LogP contribution in [0.1, 0.15) is 33.6 Å². The summed E-state index contributed by atoms with van der Waals surface area (Å²) < 4.78 is 0. The van der Waals surface area contributed by atoms with Gasteiger partial charge >= 0.3 is 0 Å². The molecule has 0 atom stereocenters. The van der Waals surface area contributed by atoms with Gasteiger partial charge < -0.3 is 5.11 Å². The average molecular weight is 220 g/mol. The molecule has 0 spiro atoms. The lowest BCUT2D eigenvalue weighted by Crippen LogP contribution is -2.37. The highest BCUT2D eigenvalue weighted by Crippen LogP contribution is 2.11. The highest BCUT2D eigenvalue weighted by atomic mass is 35.5. The van der Waals surface area contributed by atoms with Gasteiger partial charge in [0.25, 0.3) is 0 Å². The van der Waals surface area contributed by atoms with E-state index in [9.17, 15) is 0 Å². The van der Waals surface area contributed by atoms with Crippen LogP contribution in [0.3, 0.4) is 0 Å². The molecule has 0 rings (SSSR count). The van der Waals surface area contributed by atoms with Crippen molar-refractivity contribution in [2.24, 2.45) is 0 Å². The minimum Gasteiger partial charge on any atom is -0.395 e. The number of rotatable bonds is 7. The van der Waals surface area contributed by atoms with Crippen LogP contribution in [0, 0.1) is 0 Å². The van der Waals surface area contributed by atoms with E-state index in [4.69, 9.17) is 16.7 Å². The molecule has 0 amide bonds. The van der Waals surface area contributed by atoms with Crippen LogP contribution in [-0.2, 0) is 0 Å². The molecule has 0 aromatic rings. The van der Waals surface area contributed by atoms with Crippen LogP contribution < -0.4 is 0 Å². The molecule has 0 radical (unpaired) electrons. The van der Waals surface area contributed by atoms with Crippen LogP contribution >= 0.6 is 11.6 Å². The Kier molecular flexibility index (Phi) is 8.24. The Morgan fingerprint density at radius 3 is 2.36 bits per heavy atom. The molecule has 0 aliphatic rings. The summed E-state index contributed by atoms with van der Waals surface area (Å²) in [4.78, 5) is 2.29. The molecule has 0 saturated heterocycles. The summed E-state index contributed by atoms with van der Waals surface area (Å²) in [5.41, 5.74) is 2.76. The van der Waals surface area contributed by atoms with Gasteiger partial charge in [-0.05, 0) is 25.3 Å². The lowest BCUT2D eigenvalue weighted by molar-refractivity contribution is 0.154. The van der Waals surface area contributed by atoms with E-state index >= 15 is 0 Å². The second kappa shape index (κ2) is 8.27. The molecule has 0 saturated carbocycles. The highest BCUT2D eigenvalue weighted by molar-refractivity contribution is 6.25. The maximum absolute atomic E-state index is 8.97. The molecule has 0 aromatic carbocycles. The summed E-state index contributed by atoms with van der Waals surface area (Å²) >= 11 is 5.64. The quantitative estimate of drug-likeness (QED) is 0.712. The number of aliphatic hydroxyl groups is 1. The van der Waals surface area contributed by atoms with Crippen LogP contribution in [0.5, 0.6) is 0 Å². The van der Waals surface area contributed by atoms with E-state index < -0.39 is 0 Å². The Labute approximate surface area is 92.6 Å². The fourth-order valence-electron chi connectivity index (χ4n) is 1.68. The SMILES string of the molecule is CCC(CC)N(CCO)CC(C)=CCl. The molecule has 1 N–H and O–H groups in total. The molecule has 3 heteroatoms. The largest absolute Gasteiger partial charge is 0.395 e. The van der Waals surface area contributed by atoms with E-state index in [0.717, 1.165) is 31.5 Å². The zero-order valence-corrected chi connectivity index (χ0v) is 10.2. The van der Waals surface area contributed by atoms with Gasteiger partial charge in [0.05, 0.1) is 6.61 Å². The van der Waals surface area contributed by atoms with E-state index in [-0.39, 0.29) is 6.61 Å². The molecule has 0 aliphatic carbocycles. The normalized spacial score (nSPS) is 12.9. The Morgan fingerprint density at radius 1 is 1.43 bits per heavy atom. The lowest BCUT2D eigenvalue weighted by atomic mass is 10.1. The van der Waals surface area contributed by atoms with Crippen molar-refractivity contribution < 1.29 is 5.11 Å². The maximum Gasteiger partial charge on any atom is 0.0558 e. The number of nitrogens with zero attached hydrogens (tertiary/aromatic N) is 1. The summed E-state index contributed by atoms with van der Waals surface area (Å²) in [6, 6.07) is 0.550. The first-order valence-electron chi connectivity index (χ1n) is 5.30. The molecular formula is C11H22ClNO. The highest BCUT2D eigenvalue weighted by Gasteiger charge is 2.14. The standard InChI is InChI=1S/C11H22ClNO/c1-4-11(5-2)13(6-7-14)9-10(3)8-12/h8,11,14H,4-7,9H2,1-3H3. The van der Waals surface area contributed by atoms with Crippen LogP contribution in [-0.4, -0.2) is 35.7 Å². The number of hydrogen-bond acceptors (Lipinski definition) is 2. The van der Waals surface area contributed by atoms with Gasteiger partial charge in [0.1, 0.15) is 0 Å². The third-order valence-corrected chi connectivity index (χ3v) is 2.86. The first-order chi connectivity index (χ1) is 6.69. The van der Waals surface area contributed by atoms with Crippen molar-refractivity contribution in [3.8, 4) is 0 Å². The van der Waals surface area contributed by atoms with Gasteiger partial charge in [-0.15, -0.1) is 0 Å². The van der Waals surface area contributed by atoms with Gasteiger partial charge in [0, 0.05) is 24.7 Å². The van der Waals surface area contributed by atoms with Crippen molar-refractivity contribution in [2.75, 3.05) is 19.7 Å². The minimum atomic E-state index is 0.214. The second-order valence-electron chi connectivity index (χ2n) is 3.62. The zero-order chi connectivity index (χ0) is 11.0. The average Bonchev–Trinajstić information content (AvgIpc) is 2.19. The third kappa shape index (κ3) is 4.99. The van der Waals surface area contributed by atoms with Crippen LogP contribution in [0.4, 0.5) is 0 Å². The molecule has 0 aliphatic heterocycles. The van der Waals surface area contributed by atoms with Crippen LogP contribution in [0.15, 0.2) is 11.1 Å². The summed E-state index contributed by atoms with van der Waals surface area (Å²) in [5, 5.41) is 8.97. The van der Waals surface area contributed by atoms with E-state index in [0.29, 0.717) is 6.04 Å². The third-order valence-electron chi connectivity index (χ3n) is 2.48. The second-order valence-corrected chi connectivity index (χ2v) is 3.84. The van der Waals surface area contributed by atoms with E-state index in [1.165, 1.54) is 0 Å². The van der Waals surface area contributed by atoms with E-state index in [1.54, 1.807) is 5.54 Å². The first-order valence-corrected chi connectivity index (χ1v) is 5.73. The first kappa shape index (κ1) is 13.9. The summed E-state index contributed by atoms with van der Waals surface area (Å²) in [6.07, 6.45) is 2.23. The van der Waals surface area contributed by atoms with E-state index in [1.807, 2.05) is 6.92 Å². The van der Waals surface area contributed by atoms with E-state index in [2.05, 4.69) is 18.7 Å². The Bertz CT molecular complexity index is 167. The Hall–Kier alpha value is -0.0500. The molecule has 84 valence electrons. The molecule has 0 aromatic heterocycles. The van der Waals surface area contributed by atoms with Crippen molar-refractivity contribution in [1.29, 1.82) is 0 Å². The van der Waals surface area contributed by atoms with Gasteiger partial charge in [0.2, 0.25) is 0 Å². The Morgan fingerprint density at radius 2 is 2.00 bits per heavy atom. The van der Waals surface area contributed by atoms with Gasteiger partial charge in [0.15, 0.2) is 0 Å². The smallest absolute Gasteiger partial charge is 0.0558 e. The molecule has 14 heavy (non-hydrogen) atoms. The lowest BCUT2D eigenvalue weighted by Gasteiger charge is -2.29. The van der Waals surface area contributed by atoms with Crippen LogP contribution in [0.25, 0.3) is 0 Å². The van der Waals surface area contributed by atoms with Crippen molar-refractivity contribution in [2.45, 2.75) is 39.7 Å². The van der Waals surface area contributed by atoms with Gasteiger partial charge in [-0.1, -0.05) is 25.4 Å². The van der Waals surface area contributed by atoms with Gasteiger partial charge in [-0.3, -0.25) is 4.90 Å². The van der Waals surface area contributed by atoms with Crippen molar-refractivity contribution in [3.05, 3.63) is 11.1 Å². The van der Waals surface area contributed by atoms with Gasteiger partial charge in [-0.2, -0.15) is 0 Å². The molecule has 0 fully saturated rings. The monoisotopic (exact) mass is 219 g/mol. The van der Waals surface area contributed by atoms with Crippen molar-refractivity contribution in [1.82, 2.24) is 4.90 Å². The predicted molar refractivity (Wildman–Crippen MR) is 62.6 cm³/mol. The fraction of sp³-hybridized carbons (Fsp3) is 0.818. The van der Waals surface area contributed by atoms with Crippen LogP contribution in [0.2, 0.25) is 0 Å². The molecule has 0 heterocycles. The zero-order valence-electron chi connectivity index (χ0n) is 9.46. The van der Waals surface area contributed by atoms with Crippen molar-refractivity contribution >= 4 is 11.6 Å². The summed E-state index contributed by atoms with van der Waals surface area (Å²) in [7, 11) is 0. The molecule has 0 unspecified atom stereocenters. The Balaban J connectivity index is 4.25. The minimum absolute atomic E-state index is 0.214. The summed E-state index contributed by atoms with van der Waals surface area (Å²) in [5.74, 6) is 0. The molecule has 2 nitrogen and oxygen atoms in total. The summed E-state index contributed by atoms with van der Waals surface area (Å²) in [6.45, 7) is 8.17. The topological polar surface area (TPSA) is 23.5 Å². The number of halogens is 1. The number of aliphatic hydroxyl groups excluding tert-OH is 1. The molecular weight excluding hydrogens is 198 g/mol. The van der Waals surface area contributed by atoms with Gasteiger partial charge in [-0.25, -0.2) is 0 Å². The number of hydrogen-bond donors (Lipinski definition) is 1. The molecule has 0 bridgehead atoms. The fourth-order valence-corrected chi connectivity index (χ4v) is 1.75. The predicted octanol–water partition coefficient (Wildman–Crippen LogP) is 2.61. The van der Waals surface area contributed by atoms with Crippen molar-refractivity contribution in [3.63, 3.8) is 0 Å². The maximum atomic E-state index is 8.97.